The van der Waals surface area contributed by atoms with Crippen LogP contribution in [0.4, 0.5) is 5.69 Å². The van der Waals surface area contributed by atoms with Gasteiger partial charge >= 0.3 is 0 Å². The number of benzene rings is 1. The Morgan fingerprint density at radius 1 is 1.50 bits per heavy atom. The van der Waals surface area contributed by atoms with E-state index in [1.165, 1.54) is 18.2 Å². The molecule has 1 aromatic carbocycles. The van der Waals surface area contributed by atoms with E-state index in [1.807, 2.05) is 17.7 Å². The molecule has 1 heterocycles. The maximum absolute atomic E-state index is 12.1. The van der Waals surface area contributed by atoms with Crippen molar-refractivity contribution in [2.75, 3.05) is 6.54 Å². The maximum Gasteiger partial charge on any atom is 0.271 e. The molecule has 0 aliphatic heterocycles. The van der Waals surface area contributed by atoms with Crippen LogP contribution in [0.25, 0.3) is 0 Å². The van der Waals surface area contributed by atoms with Crippen molar-refractivity contribution >= 4 is 23.2 Å². The Hall–Kier alpha value is -2.41. The lowest BCUT2D eigenvalue weighted by molar-refractivity contribution is -0.384. The summed E-state index contributed by atoms with van der Waals surface area (Å²) in [6, 6.07) is 3.83. The van der Waals surface area contributed by atoms with Crippen LogP contribution in [0.3, 0.4) is 0 Å². The minimum atomic E-state index is -0.579. The lowest BCUT2D eigenvalue weighted by Gasteiger charge is -2.13. The highest BCUT2D eigenvalue weighted by atomic mass is 35.5. The molecule has 22 heavy (non-hydrogen) atoms. The summed E-state index contributed by atoms with van der Waals surface area (Å²) in [4.78, 5) is 26.2. The minimum absolute atomic E-state index is 0.158. The van der Waals surface area contributed by atoms with E-state index in [-0.39, 0.29) is 28.1 Å². The number of imidazole rings is 1. The van der Waals surface area contributed by atoms with Crippen molar-refractivity contribution in [3.05, 3.63) is 57.6 Å². The molecule has 7 nitrogen and oxygen atoms in total. The van der Waals surface area contributed by atoms with Gasteiger partial charge in [0.2, 0.25) is 0 Å². The standard InChI is InChI=1S/C14H15ClN4O3/c1-10(8-18-3-2-16-9-18)7-17-14(20)11-4-12(15)6-13(5-11)19(21)22/h2-6,9-10H,7-8H2,1H3,(H,17,20)/t10-/m0/s1. The van der Waals surface area contributed by atoms with Crippen LogP contribution < -0.4 is 5.32 Å². The van der Waals surface area contributed by atoms with Crippen LogP contribution in [0.5, 0.6) is 0 Å². The first kappa shape index (κ1) is 16.0. The highest BCUT2D eigenvalue weighted by Crippen LogP contribution is 2.20. The third kappa shape index (κ3) is 4.29. The predicted molar refractivity (Wildman–Crippen MR) is 81.8 cm³/mol. The predicted octanol–water partition coefficient (Wildman–Crippen LogP) is 2.51. The third-order valence-corrected chi connectivity index (χ3v) is 3.27. The molecule has 0 saturated heterocycles. The number of halogens is 1. The normalized spacial score (nSPS) is 11.9. The van der Waals surface area contributed by atoms with Gasteiger partial charge in [0.1, 0.15) is 0 Å². The summed E-state index contributed by atoms with van der Waals surface area (Å²) in [6.45, 7) is 3.15. The van der Waals surface area contributed by atoms with Crippen molar-refractivity contribution in [1.29, 1.82) is 0 Å². The van der Waals surface area contributed by atoms with E-state index in [2.05, 4.69) is 10.3 Å². The third-order valence-electron chi connectivity index (χ3n) is 3.05. The minimum Gasteiger partial charge on any atom is -0.352 e. The first-order valence-corrected chi connectivity index (χ1v) is 7.02. The molecule has 2 aromatic rings. The Labute approximate surface area is 132 Å². The van der Waals surface area contributed by atoms with Crippen LogP contribution in [0.15, 0.2) is 36.9 Å². The van der Waals surface area contributed by atoms with E-state index in [4.69, 9.17) is 11.6 Å². The van der Waals surface area contributed by atoms with Crippen LogP contribution in [0, 0.1) is 16.0 Å². The van der Waals surface area contributed by atoms with Gasteiger partial charge in [-0.25, -0.2) is 4.98 Å². The Morgan fingerprint density at radius 3 is 2.91 bits per heavy atom. The number of carbonyl (C=O) groups is 1. The second-order valence-electron chi connectivity index (χ2n) is 5.03. The number of non-ortho nitro benzene ring substituents is 1. The van der Waals surface area contributed by atoms with E-state index < -0.39 is 4.92 Å². The smallest absolute Gasteiger partial charge is 0.271 e. The molecular formula is C14H15ClN4O3. The Bertz CT molecular complexity index is 673. The molecule has 0 saturated carbocycles. The summed E-state index contributed by atoms with van der Waals surface area (Å²) in [6.07, 6.45) is 5.24. The summed E-state index contributed by atoms with van der Waals surface area (Å²) >= 11 is 5.80. The van der Waals surface area contributed by atoms with Gasteiger partial charge in [-0.15, -0.1) is 0 Å². The first-order chi connectivity index (χ1) is 10.5. The molecule has 0 spiro atoms. The average Bonchev–Trinajstić information content (AvgIpc) is 2.96. The zero-order valence-electron chi connectivity index (χ0n) is 11.9. The fraction of sp³-hybridized carbons (Fsp3) is 0.286. The van der Waals surface area contributed by atoms with Crippen LogP contribution >= 0.6 is 11.6 Å². The second-order valence-corrected chi connectivity index (χ2v) is 5.47. The average molecular weight is 323 g/mol. The largest absolute Gasteiger partial charge is 0.352 e. The number of nitro groups is 1. The fourth-order valence-corrected chi connectivity index (χ4v) is 2.23. The van der Waals surface area contributed by atoms with Crippen molar-refractivity contribution in [1.82, 2.24) is 14.9 Å². The number of nitrogens with zero attached hydrogens (tertiary/aromatic N) is 3. The van der Waals surface area contributed by atoms with Crippen LogP contribution in [0.2, 0.25) is 5.02 Å². The number of rotatable bonds is 6. The molecule has 0 aliphatic carbocycles. The number of amides is 1. The quantitative estimate of drug-likeness (QED) is 0.653. The van der Waals surface area contributed by atoms with E-state index in [0.29, 0.717) is 6.54 Å². The van der Waals surface area contributed by atoms with Gasteiger partial charge in [0.25, 0.3) is 11.6 Å². The summed E-state index contributed by atoms with van der Waals surface area (Å²) in [5.74, 6) is -0.199. The SMILES string of the molecule is C[C@@H](CNC(=O)c1cc(Cl)cc([N+](=O)[O-])c1)Cn1ccnc1. The van der Waals surface area contributed by atoms with Gasteiger partial charge in [0, 0.05) is 48.2 Å². The highest BCUT2D eigenvalue weighted by molar-refractivity contribution is 6.31. The van der Waals surface area contributed by atoms with Gasteiger partial charge in [0.05, 0.1) is 11.3 Å². The van der Waals surface area contributed by atoms with Gasteiger partial charge in [-0.1, -0.05) is 18.5 Å². The zero-order valence-corrected chi connectivity index (χ0v) is 12.7. The van der Waals surface area contributed by atoms with E-state index >= 15 is 0 Å². The number of nitrogens with one attached hydrogen (secondary N) is 1. The van der Waals surface area contributed by atoms with E-state index in [9.17, 15) is 14.9 Å². The first-order valence-electron chi connectivity index (χ1n) is 6.64. The van der Waals surface area contributed by atoms with Crippen molar-refractivity contribution in [3.8, 4) is 0 Å². The number of hydrogen-bond donors (Lipinski definition) is 1. The van der Waals surface area contributed by atoms with Gasteiger partial charge < -0.3 is 9.88 Å². The number of nitro benzene ring substituents is 1. The van der Waals surface area contributed by atoms with Gasteiger partial charge in [-0.3, -0.25) is 14.9 Å². The van der Waals surface area contributed by atoms with Gasteiger partial charge in [-0.05, 0) is 12.0 Å². The summed E-state index contributed by atoms with van der Waals surface area (Å²) in [7, 11) is 0. The molecule has 116 valence electrons. The molecule has 2 rings (SSSR count). The van der Waals surface area contributed by atoms with Gasteiger partial charge in [0.15, 0.2) is 0 Å². The van der Waals surface area contributed by atoms with Crippen molar-refractivity contribution < 1.29 is 9.72 Å². The van der Waals surface area contributed by atoms with Crippen molar-refractivity contribution in [2.24, 2.45) is 5.92 Å². The van der Waals surface area contributed by atoms with Gasteiger partial charge in [-0.2, -0.15) is 0 Å². The molecule has 0 fully saturated rings. The molecule has 1 N–H and O–H groups in total. The molecule has 1 atom stereocenters. The van der Waals surface area contributed by atoms with Crippen molar-refractivity contribution in [2.45, 2.75) is 13.5 Å². The second kappa shape index (κ2) is 7.04. The summed E-state index contributed by atoms with van der Waals surface area (Å²) < 4.78 is 1.92. The van der Waals surface area contributed by atoms with Crippen LogP contribution in [-0.4, -0.2) is 26.9 Å². The Kier molecular flexibility index (Phi) is 5.11. The maximum atomic E-state index is 12.1. The van der Waals surface area contributed by atoms with E-state index in [1.54, 1.807) is 12.5 Å². The Morgan fingerprint density at radius 2 is 2.27 bits per heavy atom. The topological polar surface area (TPSA) is 90.1 Å². The number of carbonyl (C=O) groups excluding carboxylic acids is 1. The van der Waals surface area contributed by atoms with E-state index in [0.717, 1.165) is 6.54 Å². The molecule has 0 radical (unpaired) electrons. The monoisotopic (exact) mass is 322 g/mol. The van der Waals surface area contributed by atoms with Crippen LogP contribution in [-0.2, 0) is 6.54 Å². The molecular weight excluding hydrogens is 308 g/mol. The summed E-state index contributed by atoms with van der Waals surface area (Å²) in [5.41, 5.74) is -0.0295. The molecule has 0 aliphatic rings. The molecule has 1 aromatic heterocycles. The number of hydrogen-bond acceptors (Lipinski definition) is 4. The van der Waals surface area contributed by atoms with Crippen molar-refractivity contribution in [3.63, 3.8) is 0 Å². The van der Waals surface area contributed by atoms with Crippen LogP contribution in [0.1, 0.15) is 17.3 Å². The molecule has 0 bridgehead atoms. The highest BCUT2D eigenvalue weighted by Gasteiger charge is 2.14. The molecule has 8 heteroatoms. The lowest BCUT2D eigenvalue weighted by Crippen LogP contribution is -2.29. The Balaban J connectivity index is 1.96. The molecule has 0 unspecified atom stereocenters. The zero-order chi connectivity index (χ0) is 16.1. The summed E-state index contributed by atoms with van der Waals surface area (Å²) in [5, 5.41) is 13.7. The lowest BCUT2D eigenvalue weighted by atomic mass is 10.1. The fourth-order valence-electron chi connectivity index (χ4n) is 2.00. The number of aromatic nitrogens is 2. The molecule has 1 amide bonds.